The smallest absolute Gasteiger partial charge is 0.323 e. The first-order chi connectivity index (χ1) is 8.07. The SMILES string of the molecule is CCOC(=O)C(N)CSCC1(O)CCCCC1. The third-order valence-electron chi connectivity index (χ3n) is 3.04. The minimum Gasteiger partial charge on any atom is -0.465 e. The van der Waals surface area contributed by atoms with Crippen molar-refractivity contribution in [2.24, 2.45) is 5.73 Å². The van der Waals surface area contributed by atoms with Crippen molar-refractivity contribution in [2.75, 3.05) is 18.1 Å². The Morgan fingerprint density at radius 2 is 2.12 bits per heavy atom. The summed E-state index contributed by atoms with van der Waals surface area (Å²) in [6, 6.07) is -0.577. The Morgan fingerprint density at radius 3 is 2.71 bits per heavy atom. The lowest BCUT2D eigenvalue weighted by Crippen LogP contribution is -2.37. The number of rotatable bonds is 6. The Morgan fingerprint density at radius 1 is 1.47 bits per heavy atom. The Kier molecular flexibility index (Phi) is 6.30. The van der Waals surface area contributed by atoms with Crippen molar-refractivity contribution in [1.82, 2.24) is 0 Å². The molecule has 0 spiro atoms. The van der Waals surface area contributed by atoms with Gasteiger partial charge in [-0.15, -0.1) is 0 Å². The molecule has 17 heavy (non-hydrogen) atoms. The normalized spacial score (nSPS) is 20.9. The van der Waals surface area contributed by atoms with E-state index in [-0.39, 0.29) is 5.97 Å². The largest absolute Gasteiger partial charge is 0.465 e. The fourth-order valence-electron chi connectivity index (χ4n) is 2.05. The molecule has 1 atom stereocenters. The van der Waals surface area contributed by atoms with Gasteiger partial charge in [0.15, 0.2) is 0 Å². The van der Waals surface area contributed by atoms with Gasteiger partial charge in [0, 0.05) is 11.5 Å². The summed E-state index contributed by atoms with van der Waals surface area (Å²) in [5.74, 6) is 0.831. The molecule has 0 aromatic rings. The van der Waals surface area contributed by atoms with Crippen LogP contribution in [0.3, 0.4) is 0 Å². The number of hydrogen-bond donors (Lipinski definition) is 2. The highest BCUT2D eigenvalue weighted by Crippen LogP contribution is 2.31. The van der Waals surface area contributed by atoms with Crippen LogP contribution in [0.4, 0.5) is 0 Å². The van der Waals surface area contributed by atoms with Crippen molar-refractivity contribution in [2.45, 2.75) is 50.7 Å². The summed E-state index contributed by atoms with van der Waals surface area (Å²) in [6.07, 6.45) is 5.15. The lowest BCUT2D eigenvalue weighted by atomic mass is 9.86. The van der Waals surface area contributed by atoms with Crippen LogP contribution in [0.2, 0.25) is 0 Å². The molecule has 0 radical (unpaired) electrons. The van der Waals surface area contributed by atoms with Crippen molar-refractivity contribution >= 4 is 17.7 Å². The zero-order valence-corrected chi connectivity index (χ0v) is 11.3. The standard InChI is InChI=1S/C12H23NO3S/c1-2-16-11(14)10(13)8-17-9-12(15)6-4-3-5-7-12/h10,15H,2-9,13H2,1H3. The van der Waals surface area contributed by atoms with Crippen LogP contribution in [0.15, 0.2) is 0 Å². The molecule has 3 N–H and O–H groups in total. The van der Waals surface area contributed by atoms with Crippen LogP contribution in [-0.4, -0.2) is 40.8 Å². The van der Waals surface area contributed by atoms with Crippen LogP contribution in [0.1, 0.15) is 39.0 Å². The Labute approximate surface area is 107 Å². The van der Waals surface area contributed by atoms with Crippen molar-refractivity contribution in [3.8, 4) is 0 Å². The third-order valence-corrected chi connectivity index (χ3v) is 4.38. The number of ether oxygens (including phenoxy) is 1. The molecule has 1 rings (SSSR count). The number of aliphatic hydroxyl groups is 1. The van der Waals surface area contributed by atoms with E-state index in [0.717, 1.165) is 25.7 Å². The van der Waals surface area contributed by atoms with Crippen LogP contribution < -0.4 is 5.73 Å². The monoisotopic (exact) mass is 261 g/mol. The lowest BCUT2D eigenvalue weighted by Gasteiger charge is -2.31. The van der Waals surface area contributed by atoms with E-state index in [1.54, 1.807) is 18.7 Å². The molecule has 5 heteroatoms. The van der Waals surface area contributed by atoms with Gasteiger partial charge in [0.2, 0.25) is 0 Å². The van der Waals surface area contributed by atoms with Gasteiger partial charge in [0.1, 0.15) is 6.04 Å². The molecule has 4 nitrogen and oxygen atoms in total. The van der Waals surface area contributed by atoms with Gasteiger partial charge in [-0.05, 0) is 19.8 Å². The summed E-state index contributed by atoms with van der Waals surface area (Å²) in [4.78, 5) is 11.3. The van der Waals surface area contributed by atoms with Gasteiger partial charge in [-0.3, -0.25) is 4.79 Å². The van der Waals surface area contributed by atoms with Crippen molar-refractivity contribution < 1.29 is 14.6 Å². The lowest BCUT2D eigenvalue weighted by molar-refractivity contribution is -0.144. The van der Waals surface area contributed by atoms with Crippen LogP contribution >= 0.6 is 11.8 Å². The molecule has 1 aliphatic rings. The summed E-state index contributed by atoms with van der Waals surface area (Å²) in [6.45, 7) is 2.13. The molecule has 1 aliphatic carbocycles. The van der Waals surface area contributed by atoms with Gasteiger partial charge >= 0.3 is 5.97 Å². The van der Waals surface area contributed by atoms with E-state index in [1.165, 1.54) is 6.42 Å². The van der Waals surface area contributed by atoms with E-state index < -0.39 is 11.6 Å². The van der Waals surface area contributed by atoms with Gasteiger partial charge in [-0.25, -0.2) is 0 Å². The third kappa shape index (κ3) is 5.27. The quantitative estimate of drug-likeness (QED) is 0.705. The van der Waals surface area contributed by atoms with Crippen LogP contribution in [0.25, 0.3) is 0 Å². The topological polar surface area (TPSA) is 72.5 Å². The van der Waals surface area contributed by atoms with E-state index in [4.69, 9.17) is 10.5 Å². The Balaban J connectivity index is 2.20. The first-order valence-electron chi connectivity index (χ1n) is 6.30. The maximum atomic E-state index is 11.3. The van der Waals surface area contributed by atoms with Crippen LogP contribution in [0, 0.1) is 0 Å². The summed E-state index contributed by atoms with van der Waals surface area (Å²) < 4.78 is 4.83. The number of carbonyl (C=O) groups is 1. The predicted octanol–water partition coefficient (Wildman–Crippen LogP) is 1.31. The Hall–Kier alpha value is -0.260. The number of thioether (sulfide) groups is 1. The second-order valence-corrected chi connectivity index (χ2v) is 5.69. The first-order valence-corrected chi connectivity index (χ1v) is 7.45. The van der Waals surface area contributed by atoms with E-state index in [9.17, 15) is 9.90 Å². The number of esters is 1. The average molecular weight is 261 g/mol. The molecule has 1 saturated carbocycles. The van der Waals surface area contributed by atoms with Crippen molar-refractivity contribution in [1.29, 1.82) is 0 Å². The Bertz CT molecular complexity index is 242. The van der Waals surface area contributed by atoms with E-state index in [2.05, 4.69) is 0 Å². The molecule has 100 valence electrons. The highest BCUT2D eigenvalue weighted by molar-refractivity contribution is 7.99. The molecule has 0 amide bonds. The van der Waals surface area contributed by atoms with E-state index in [0.29, 0.717) is 18.1 Å². The summed E-state index contributed by atoms with van der Waals surface area (Å²) in [7, 11) is 0. The summed E-state index contributed by atoms with van der Waals surface area (Å²) in [5, 5.41) is 10.2. The average Bonchev–Trinajstić information content (AvgIpc) is 2.30. The van der Waals surface area contributed by atoms with Crippen molar-refractivity contribution in [3.05, 3.63) is 0 Å². The van der Waals surface area contributed by atoms with E-state index >= 15 is 0 Å². The number of nitrogens with two attached hydrogens (primary N) is 1. The highest BCUT2D eigenvalue weighted by atomic mass is 32.2. The molecule has 0 saturated heterocycles. The molecule has 0 bridgehead atoms. The van der Waals surface area contributed by atoms with Crippen LogP contribution in [-0.2, 0) is 9.53 Å². The van der Waals surface area contributed by atoms with Gasteiger partial charge < -0.3 is 15.6 Å². The zero-order valence-electron chi connectivity index (χ0n) is 10.5. The van der Waals surface area contributed by atoms with Gasteiger partial charge in [0.05, 0.1) is 12.2 Å². The molecule has 0 aliphatic heterocycles. The second kappa shape index (κ2) is 7.24. The maximum Gasteiger partial charge on any atom is 0.323 e. The van der Waals surface area contributed by atoms with Crippen LogP contribution in [0.5, 0.6) is 0 Å². The highest BCUT2D eigenvalue weighted by Gasteiger charge is 2.29. The van der Waals surface area contributed by atoms with Gasteiger partial charge in [-0.2, -0.15) is 11.8 Å². The summed E-state index contributed by atoms with van der Waals surface area (Å²) >= 11 is 1.55. The molecule has 0 aromatic carbocycles. The van der Waals surface area contributed by atoms with Crippen molar-refractivity contribution in [3.63, 3.8) is 0 Å². The number of hydrogen-bond acceptors (Lipinski definition) is 5. The fraction of sp³-hybridized carbons (Fsp3) is 0.917. The zero-order chi connectivity index (χ0) is 12.7. The number of carbonyl (C=O) groups excluding carboxylic acids is 1. The maximum absolute atomic E-state index is 11.3. The van der Waals surface area contributed by atoms with Gasteiger partial charge in [-0.1, -0.05) is 19.3 Å². The first kappa shape index (κ1) is 14.8. The second-order valence-electron chi connectivity index (χ2n) is 4.66. The molecule has 0 heterocycles. The predicted molar refractivity (Wildman–Crippen MR) is 70.0 cm³/mol. The summed E-state index contributed by atoms with van der Waals surface area (Å²) in [5.41, 5.74) is 5.14. The molecule has 1 unspecified atom stereocenters. The molecule has 0 aromatic heterocycles. The fourth-order valence-corrected chi connectivity index (χ4v) is 3.22. The minimum atomic E-state index is -0.577. The minimum absolute atomic E-state index is 0.351. The molecule has 1 fully saturated rings. The van der Waals surface area contributed by atoms with E-state index in [1.807, 2.05) is 0 Å². The van der Waals surface area contributed by atoms with Gasteiger partial charge in [0.25, 0.3) is 0 Å². The molecular weight excluding hydrogens is 238 g/mol. The molecular formula is C12H23NO3S.